The first-order valence-electron chi connectivity index (χ1n) is 8.32. The highest BCUT2D eigenvalue weighted by Crippen LogP contribution is 2.38. The predicted octanol–water partition coefficient (Wildman–Crippen LogP) is 3.15. The van der Waals surface area contributed by atoms with E-state index >= 15 is 0 Å². The van der Waals surface area contributed by atoms with Gasteiger partial charge < -0.3 is 5.32 Å². The lowest BCUT2D eigenvalue weighted by Crippen LogP contribution is -2.63. The highest BCUT2D eigenvalue weighted by molar-refractivity contribution is 6.16. The number of amides is 2. The summed E-state index contributed by atoms with van der Waals surface area (Å²) in [6.07, 6.45) is -3.85. The number of nitrogens with zero attached hydrogens (tertiary/aromatic N) is 2. The van der Waals surface area contributed by atoms with Crippen molar-refractivity contribution in [2.45, 2.75) is 11.8 Å². The van der Waals surface area contributed by atoms with E-state index in [4.69, 9.17) is 0 Å². The Balaban J connectivity index is 2.11. The molecule has 0 radical (unpaired) electrons. The maximum absolute atomic E-state index is 14.0. The zero-order valence-corrected chi connectivity index (χ0v) is 14.6. The molecular weight excluding hydrogens is 371 g/mol. The van der Waals surface area contributed by atoms with E-state index < -0.39 is 23.7 Å². The van der Waals surface area contributed by atoms with Crippen molar-refractivity contribution < 1.29 is 22.8 Å². The van der Waals surface area contributed by atoms with Crippen LogP contribution in [0.2, 0.25) is 0 Å². The van der Waals surface area contributed by atoms with E-state index in [0.29, 0.717) is 5.56 Å². The van der Waals surface area contributed by atoms with Crippen LogP contribution in [-0.4, -0.2) is 40.9 Å². The summed E-state index contributed by atoms with van der Waals surface area (Å²) in [6, 6.07) is 15.3. The number of carbonyl (C=O) groups is 2. The minimum atomic E-state index is -5.15. The molecule has 1 atom stereocenters. The SMILES string of the molecule is C=CCN1C(=O)[C@@](NC(=O)c2ccccc2)(C(F)(F)F)N=C1c1ccccc1. The quantitative estimate of drug-likeness (QED) is 0.802. The number of aliphatic imine (C=N–C) groups is 1. The molecule has 0 aromatic heterocycles. The molecule has 5 nitrogen and oxygen atoms in total. The fourth-order valence-corrected chi connectivity index (χ4v) is 2.83. The van der Waals surface area contributed by atoms with Gasteiger partial charge in [-0.25, -0.2) is 4.99 Å². The Morgan fingerprint density at radius 3 is 2.21 bits per heavy atom. The fourth-order valence-electron chi connectivity index (χ4n) is 2.83. The van der Waals surface area contributed by atoms with Crippen molar-refractivity contribution in [3.8, 4) is 0 Å². The Morgan fingerprint density at radius 2 is 1.68 bits per heavy atom. The average Bonchev–Trinajstić information content (AvgIpc) is 2.97. The van der Waals surface area contributed by atoms with Crippen molar-refractivity contribution in [3.63, 3.8) is 0 Å². The molecule has 2 aromatic rings. The van der Waals surface area contributed by atoms with Gasteiger partial charge in [-0.15, -0.1) is 6.58 Å². The topological polar surface area (TPSA) is 61.8 Å². The Morgan fingerprint density at radius 1 is 1.11 bits per heavy atom. The van der Waals surface area contributed by atoms with Crippen molar-refractivity contribution >= 4 is 17.6 Å². The van der Waals surface area contributed by atoms with E-state index in [1.807, 2.05) is 5.32 Å². The van der Waals surface area contributed by atoms with Gasteiger partial charge in [0.05, 0.1) is 0 Å². The number of amidine groups is 1. The lowest BCUT2D eigenvalue weighted by Gasteiger charge is -2.28. The van der Waals surface area contributed by atoms with E-state index in [9.17, 15) is 22.8 Å². The van der Waals surface area contributed by atoms with Crippen molar-refractivity contribution in [2.24, 2.45) is 4.99 Å². The molecule has 0 spiro atoms. The number of alkyl halides is 3. The lowest BCUT2D eigenvalue weighted by molar-refractivity contribution is -0.196. The molecular formula is C20H16F3N3O2. The summed E-state index contributed by atoms with van der Waals surface area (Å²) in [5, 5.41) is 1.81. The van der Waals surface area contributed by atoms with E-state index in [1.165, 1.54) is 42.5 Å². The summed E-state index contributed by atoms with van der Waals surface area (Å²) in [5.41, 5.74) is -3.11. The van der Waals surface area contributed by atoms with Crippen LogP contribution in [0.4, 0.5) is 13.2 Å². The van der Waals surface area contributed by atoms with Crippen LogP contribution in [0.25, 0.3) is 0 Å². The molecule has 1 N–H and O–H groups in total. The standard InChI is InChI=1S/C20H16F3N3O2/c1-2-13-26-16(14-9-5-3-6-10-14)24-19(18(26)28,20(21,22)23)25-17(27)15-11-7-4-8-12-15/h2-12H,1,13H2,(H,25,27)/t19-/m1/s1. The average molecular weight is 387 g/mol. The largest absolute Gasteiger partial charge is 0.442 e. The highest BCUT2D eigenvalue weighted by atomic mass is 19.4. The molecule has 0 saturated carbocycles. The van der Waals surface area contributed by atoms with Gasteiger partial charge in [0.15, 0.2) is 0 Å². The van der Waals surface area contributed by atoms with Crippen LogP contribution < -0.4 is 5.32 Å². The molecule has 8 heteroatoms. The number of hydrogen-bond donors (Lipinski definition) is 1. The maximum atomic E-state index is 14.0. The van der Waals surface area contributed by atoms with Gasteiger partial charge in [0, 0.05) is 17.7 Å². The fraction of sp³-hybridized carbons (Fsp3) is 0.150. The van der Waals surface area contributed by atoms with E-state index in [2.05, 4.69) is 11.6 Å². The number of carbonyl (C=O) groups excluding carboxylic acids is 2. The number of halogens is 3. The Kier molecular flexibility index (Phi) is 5.04. The van der Waals surface area contributed by atoms with Crippen LogP contribution in [0.1, 0.15) is 15.9 Å². The number of hydrogen-bond acceptors (Lipinski definition) is 3. The first-order valence-corrected chi connectivity index (χ1v) is 8.32. The first-order chi connectivity index (χ1) is 13.3. The van der Waals surface area contributed by atoms with Gasteiger partial charge in [0.1, 0.15) is 5.84 Å². The van der Waals surface area contributed by atoms with Crippen molar-refractivity contribution in [1.82, 2.24) is 10.2 Å². The van der Waals surface area contributed by atoms with Crippen LogP contribution in [-0.2, 0) is 4.79 Å². The minimum absolute atomic E-state index is 0.0162. The highest BCUT2D eigenvalue weighted by Gasteiger charge is 2.67. The number of benzene rings is 2. The van der Waals surface area contributed by atoms with Crippen LogP contribution in [0.3, 0.4) is 0 Å². The summed E-state index contributed by atoms with van der Waals surface area (Å²) >= 11 is 0. The first kappa shape index (κ1) is 19.3. The Hall–Kier alpha value is -3.42. The zero-order chi connectivity index (χ0) is 20.4. The molecule has 0 saturated heterocycles. The van der Waals surface area contributed by atoms with Crippen molar-refractivity contribution in [2.75, 3.05) is 6.54 Å². The van der Waals surface area contributed by atoms with Gasteiger partial charge in [-0.1, -0.05) is 54.6 Å². The molecule has 28 heavy (non-hydrogen) atoms. The normalized spacial score (nSPS) is 19.3. The second kappa shape index (κ2) is 7.30. The van der Waals surface area contributed by atoms with Gasteiger partial charge >= 0.3 is 11.8 Å². The molecule has 0 fully saturated rings. The number of nitrogens with one attached hydrogen (secondary N) is 1. The third-order valence-electron chi connectivity index (χ3n) is 4.17. The Labute approximate surface area is 159 Å². The van der Waals surface area contributed by atoms with E-state index in [0.717, 1.165) is 4.90 Å². The zero-order valence-electron chi connectivity index (χ0n) is 14.6. The number of rotatable bonds is 5. The third-order valence-corrected chi connectivity index (χ3v) is 4.17. The predicted molar refractivity (Wildman–Crippen MR) is 97.6 cm³/mol. The third kappa shape index (κ3) is 3.28. The van der Waals surface area contributed by atoms with Gasteiger partial charge in [0.25, 0.3) is 11.8 Å². The lowest BCUT2D eigenvalue weighted by atomic mass is 10.1. The maximum Gasteiger partial charge on any atom is 0.442 e. The molecule has 1 heterocycles. The molecule has 2 amide bonds. The van der Waals surface area contributed by atoms with Gasteiger partial charge in [-0.2, -0.15) is 13.2 Å². The molecule has 144 valence electrons. The van der Waals surface area contributed by atoms with E-state index in [-0.39, 0.29) is 17.9 Å². The Bertz CT molecular complexity index is 927. The van der Waals surface area contributed by atoms with Crippen molar-refractivity contribution in [1.29, 1.82) is 0 Å². The molecule has 0 unspecified atom stereocenters. The molecule has 3 rings (SSSR count). The second-order valence-corrected chi connectivity index (χ2v) is 6.03. The minimum Gasteiger partial charge on any atom is -0.312 e. The summed E-state index contributed by atoms with van der Waals surface area (Å²) in [7, 11) is 0. The van der Waals surface area contributed by atoms with Crippen LogP contribution in [0.15, 0.2) is 78.3 Å². The molecule has 0 bridgehead atoms. The summed E-state index contributed by atoms with van der Waals surface area (Å²) in [6.45, 7) is 3.30. The monoisotopic (exact) mass is 387 g/mol. The molecule has 1 aliphatic heterocycles. The van der Waals surface area contributed by atoms with Gasteiger partial charge in [-0.05, 0) is 12.1 Å². The van der Waals surface area contributed by atoms with Gasteiger partial charge in [0.2, 0.25) is 0 Å². The summed E-state index contributed by atoms with van der Waals surface area (Å²) < 4.78 is 42.1. The smallest absolute Gasteiger partial charge is 0.312 e. The van der Waals surface area contributed by atoms with E-state index in [1.54, 1.807) is 24.3 Å². The molecule has 2 aromatic carbocycles. The van der Waals surface area contributed by atoms with Crippen molar-refractivity contribution in [3.05, 3.63) is 84.4 Å². The van der Waals surface area contributed by atoms with Gasteiger partial charge in [-0.3, -0.25) is 14.5 Å². The molecule has 0 aliphatic carbocycles. The summed E-state index contributed by atoms with van der Waals surface area (Å²) in [4.78, 5) is 29.8. The second-order valence-electron chi connectivity index (χ2n) is 6.03. The molecule has 1 aliphatic rings. The van der Waals surface area contributed by atoms with Crippen LogP contribution >= 0.6 is 0 Å². The van der Waals surface area contributed by atoms with Crippen LogP contribution in [0.5, 0.6) is 0 Å². The van der Waals surface area contributed by atoms with Crippen LogP contribution in [0, 0.1) is 0 Å². The summed E-state index contributed by atoms with van der Waals surface area (Å²) in [5.74, 6) is -2.62.